The van der Waals surface area contributed by atoms with E-state index in [9.17, 15) is 8.78 Å². The molecule has 1 aliphatic heterocycles. The maximum absolute atomic E-state index is 13.4. The van der Waals surface area contributed by atoms with Gasteiger partial charge in [-0.05, 0) is 44.5 Å². The van der Waals surface area contributed by atoms with Crippen LogP contribution < -0.4 is 10.6 Å². The van der Waals surface area contributed by atoms with Crippen molar-refractivity contribution in [3.63, 3.8) is 0 Å². The Morgan fingerprint density at radius 1 is 1.12 bits per heavy atom. The largest absolute Gasteiger partial charge is 0.378 e. The molecule has 2 N–H and O–H groups in total. The molecule has 0 radical (unpaired) electrons. The molecule has 1 aromatic rings. The van der Waals surface area contributed by atoms with E-state index >= 15 is 0 Å². The SMILES string of the molecule is Fc1cccc(F)c1NC1CCCNCC1. The highest BCUT2D eigenvalue weighted by atomic mass is 19.1. The molecule has 1 saturated heterocycles. The van der Waals surface area contributed by atoms with Gasteiger partial charge in [-0.1, -0.05) is 6.07 Å². The van der Waals surface area contributed by atoms with Gasteiger partial charge in [-0.3, -0.25) is 0 Å². The molecular formula is C12H16F2N2. The van der Waals surface area contributed by atoms with Gasteiger partial charge in [-0.25, -0.2) is 8.78 Å². The molecule has 4 heteroatoms. The predicted molar refractivity (Wildman–Crippen MR) is 60.5 cm³/mol. The average Bonchev–Trinajstić information content (AvgIpc) is 2.52. The molecular weight excluding hydrogens is 210 g/mol. The van der Waals surface area contributed by atoms with Gasteiger partial charge >= 0.3 is 0 Å². The lowest BCUT2D eigenvalue weighted by molar-refractivity contribution is 0.570. The minimum atomic E-state index is -0.516. The first-order valence-corrected chi connectivity index (χ1v) is 5.68. The van der Waals surface area contributed by atoms with Gasteiger partial charge in [-0.15, -0.1) is 0 Å². The molecule has 0 bridgehead atoms. The highest BCUT2D eigenvalue weighted by Crippen LogP contribution is 2.21. The summed E-state index contributed by atoms with van der Waals surface area (Å²) in [7, 11) is 0. The van der Waals surface area contributed by atoms with Crippen molar-refractivity contribution in [1.82, 2.24) is 5.32 Å². The van der Waals surface area contributed by atoms with E-state index in [-0.39, 0.29) is 11.7 Å². The van der Waals surface area contributed by atoms with E-state index < -0.39 is 11.6 Å². The zero-order valence-electron chi connectivity index (χ0n) is 9.10. The fourth-order valence-corrected chi connectivity index (χ4v) is 2.00. The monoisotopic (exact) mass is 226 g/mol. The van der Waals surface area contributed by atoms with Gasteiger partial charge in [0.15, 0.2) is 0 Å². The third kappa shape index (κ3) is 2.70. The lowest BCUT2D eigenvalue weighted by Gasteiger charge is -2.18. The van der Waals surface area contributed by atoms with Crippen molar-refractivity contribution >= 4 is 5.69 Å². The van der Waals surface area contributed by atoms with Crippen molar-refractivity contribution in [2.45, 2.75) is 25.3 Å². The zero-order chi connectivity index (χ0) is 11.4. The van der Waals surface area contributed by atoms with Crippen molar-refractivity contribution in [2.75, 3.05) is 18.4 Å². The number of nitrogens with one attached hydrogen (secondary N) is 2. The van der Waals surface area contributed by atoms with Crippen LogP contribution in [0.25, 0.3) is 0 Å². The Labute approximate surface area is 94.0 Å². The van der Waals surface area contributed by atoms with Crippen LogP contribution in [0, 0.1) is 11.6 Å². The first-order chi connectivity index (χ1) is 7.77. The van der Waals surface area contributed by atoms with Crippen LogP contribution in [0.5, 0.6) is 0 Å². The van der Waals surface area contributed by atoms with Gasteiger partial charge in [0.1, 0.15) is 17.3 Å². The molecule has 1 atom stereocenters. The summed E-state index contributed by atoms with van der Waals surface area (Å²) in [5, 5.41) is 6.23. The van der Waals surface area contributed by atoms with Crippen molar-refractivity contribution in [2.24, 2.45) is 0 Å². The Bertz CT molecular complexity index is 327. The Morgan fingerprint density at radius 2 is 1.88 bits per heavy atom. The number of halogens is 2. The second kappa shape index (κ2) is 5.25. The standard InChI is InChI=1S/C12H16F2N2/c13-10-4-1-5-11(14)12(10)16-9-3-2-7-15-8-6-9/h1,4-5,9,15-16H,2-3,6-8H2. The fourth-order valence-electron chi connectivity index (χ4n) is 2.00. The molecule has 0 aliphatic carbocycles. The van der Waals surface area contributed by atoms with Crippen molar-refractivity contribution in [1.29, 1.82) is 0 Å². The van der Waals surface area contributed by atoms with E-state index in [2.05, 4.69) is 10.6 Å². The molecule has 1 unspecified atom stereocenters. The quantitative estimate of drug-likeness (QED) is 0.809. The highest BCUT2D eigenvalue weighted by molar-refractivity contribution is 5.46. The van der Waals surface area contributed by atoms with Crippen LogP contribution in [0.15, 0.2) is 18.2 Å². The number of anilines is 1. The molecule has 1 fully saturated rings. The summed E-state index contributed by atoms with van der Waals surface area (Å²) in [6, 6.07) is 4.09. The Hall–Kier alpha value is -1.16. The summed E-state index contributed by atoms with van der Waals surface area (Å²) in [6.45, 7) is 1.88. The Morgan fingerprint density at radius 3 is 2.62 bits per heavy atom. The van der Waals surface area contributed by atoms with Gasteiger partial charge in [0.2, 0.25) is 0 Å². The van der Waals surface area contributed by atoms with E-state index in [1.807, 2.05) is 0 Å². The van der Waals surface area contributed by atoms with Crippen LogP contribution in [0.2, 0.25) is 0 Å². The molecule has 1 aromatic carbocycles. The maximum Gasteiger partial charge on any atom is 0.149 e. The minimum absolute atomic E-state index is 0.00870. The topological polar surface area (TPSA) is 24.1 Å². The molecule has 1 aliphatic rings. The number of para-hydroxylation sites is 1. The van der Waals surface area contributed by atoms with Gasteiger partial charge in [0.05, 0.1) is 0 Å². The van der Waals surface area contributed by atoms with Crippen molar-refractivity contribution in [3.05, 3.63) is 29.8 Å². The lowest BCUT2D eigenvalue weighted by atomic mass is 10.1. The summed E-state index contributed by atoms with van der Waals surface area (Å²) in [6.07, 6.45) is 2.88. The first-order valence-electron chi connectivity index (χ1n) is 5.68. The number of hydrogen-bond acceptors (Lipinski definition) is 2. The van der Waals surface area contributed by atoms with E-state index in [1.54, 1.807) is 0 Å². The maximum atomic E-state index is 13.4. The fraction of sp³-hybridized carbons (Fsp3) is 0.500. The van der Waals surface area contributed by atoms with Gasteiger partial charge in [0.25, 0.3) is 0 Å². The van der Waals surface area contributed by atoms with Gasteiger partial charge in [-0.2, -0.15) is 0 Å². The summed E-state index contributed by atoms with van der Waals surface area (Å²) in [5.74, 6) is -1.03. The van der Waals surface area contributed by atoms with Gasteiger partial charge < -0.3 is 10.6 Å². The molecule has 0 saturated carbocycles. The molecule has 0 spiro atoms. The summed E-state index contributed by atoms with van der Waals surface area (Å²) in [5.41, 5.74) is 0.00870. The van der Waals surface area contributed by atoms with Crippen molar-refractivity contribution in [3.8, 4) is 0 Å². The van der Waals surface area contributed by atoms with Crippen LogP contribution in [0.1, 0.15) is 19.3 Å². The Balaban J connectivity index is 2.07. The van der Waals surface area contributed by atoms with E-state index in [4.69, 9.17) is 0 Å². The van der Waals surface area contributed by atoms with E-state index in [0.29, 0.717) is 0 Å². The zero-order valence-corrected chi connectivity index (χ0v) is 9.10. The predicted octanol–water partition coefficient (Wildman–Crippen LogP) is 2.52. The van der Waals surface area contributed by atoms with Gasteiger partial charge in [0, 0.05) is 6.04 Å². The molecule has 2 rings (SSSR count). The average molecular weight is 226 g/mol. The van der Waals surface area contributed by atoms with Crippen LogP contribution in [-0.4, -0.2) is 19.1 Å². The molecule has 0 amide bonds. The second-order valence-corrected chi connectivity index (χ2v) is 4.12. The molecule has 1 heterocycles. The minimum Gasteiger partial charge on any atom is -0.378 e. The first kappa shape index (κ1) is 11.3. The smallest absolute Gasteiger partial charge is 0.149 e. The third-order valence-corrected chi connectivity index (χ3v) is 2.89. The summed E-state index contributed by atoms with van der Waals surface area (Å²) in [4.78, 5) is 0. The third-order valence-electron chi connectivity index (χ3n) is 2.89. The molecule has 16 heavy (non-hydrogen) atoms. The number of benzene rings is 1. The van der Waals surface area contributed by atoms with Crippen molar-refractivity contribution < 1.29 is 8.78 Å². The molecule has 0 aromatic heterocycles. The highest BCUT2D eigenvalue weighted by Gasteiger charge is 2.15. The number of hydrogen-bond donors (Lipinski definition) is 2. The van der Waals surface area contributed by atoms with E-state index in [1.165, 1.54) is 18.2 Å². The lowest BCUT2D eigenvalue weighted by Crippen LogP contribution is -2.22. The van der Waals surface area contributed by atoms with Crippen LogP contribution in [-0.2, 0) is 0 Å². The normalized spacial score (nSPS) is 21.5. The molecule has 2 nitrogen and oxygen atoms in total. The Kier molecular flexibility index (Phi) is 3.72. The summed E-state index contributed by atoms with van der Waals surface area (Å²) >= 11 is 0. The van der Waals surface area contributed by atoms with E-state index in [0.717, 1.165) is 32.4 Å². The molecule has 88 valence electrons. The van der Waals surface area contributed by atoms with Crippen LogP contribution in [0.3, 0.4) is 0 Å². The van der Waals surface area contributed by atoms with Crippen LogP contribution in [0.4, 0.5) is 14.5 Å². The second-order valence-electron chi connectivity index (χ2n) is 4.12. The summed E-state index contributed by atoms with van der Waals surface area (Å²) < 4.78 is 26.8. The van der Waals surface area contributed by atoms with Crippen LogP contribution >= 0.6 is 0 Å². The number of rotatable bonds is 2.